The lowest BCUT2D eigenvalue weighted by atomic mass is 10.2. The quantitative estimate of drug-likeness (QED) is 0.772. The SMILES string of the molecule is COc1ccc(COCC(C)C(N)=S)cc1. The third kappa shape index (κ3) is 4.16. The second kappa shape index (κ2) is 6.45. The van der Waals surface area contributed by atoms with Gasteiger partial charge in [-0.15, -0.1) is 0 Å². The summed E-state index contributed by atoms with van der Waals surface area (Å²) in [4.78, 5) is 0.495. The standard InChI is InChI=1S/C12H17NO2S/c1-9(12(13)16)7-15-8-10-3-5-11(14-2)6-4-10/h3-6,9H,7-8H2,1-2H3,(H2,13,16). The van der Waals surface area contributed by atoms with Gasteiger partial charge in [0.2, 0.25) is 0 Å². The molecule has 0 aliphatic rings. The fourth-order valence-corrected chi connectivity index (χ4v) is 1.23. The smallest absolute Gasteiger partial charge is 0.118 e. The van der Waals surface area contributed by atoms with Crippen molar-refractivity contribution in [2.24, 2.45) is 11.7 Å². The molecule has 0 bridgehead atoms. The predicted octanol–water partition coefficient (Wildman–Crippen LogP) is 2.13. The highest BCUT2D eigenvalue weighted by Crippen LogP contribution is 2.12. The Morgan fingerprint density at radius 1 is 1.38 bits per heavy atom. The molecule has 3 nitrogen and oxygen atoms in total. The van der Waals surface area contributed by atoms with Crippen LogP contribution in [0.3, 0.4) is 0 Å². The summed E-state index contributed by atoms with van der Waals surface area (Å²) >= 11 is 4.86. The largest absolute Gasteiger partial charge is 0.497 e. The van der Waals surface area contributed by atoms with Gasteiger partial charge in [0.25, 0.3) is 0 Å². The molecule has 4 heteroatoms. The summed E-state index contributed by atoms with van der Waals surface area (Å²) in [6, 6.07) is 7.78. The minimum absolute atomic E-state index is 0.119. The summed E-state index contributed by atoms with van der Waals surface area (Å²) in [5.74, 6) is 0.966. The van der Waals surface area contributed by atoms with Crippen LogP contribution >= 0.6 is 12.2 Å². The minimum atomic E-state index is 0.119. The first-order valence-corrected chi connectivity index (χ1v) is 5.54. The topological polar surface area (TPSA) is 44.5 Å². The van der Waals surface area contributed by atoms with Gasteiger partial charge in [0.05, 0.1) is 25.3 Å². The van der Waals surface area contributed by atoms with Crippen molar-refractivity contribution in [2.45, 2.75) is 13.5 Å². The molecule has 16 heavy (non-hydrogen) atoms. The second-order valence-electron chi connectivity index (χ2n) is 3.67. The summed E-state index contributed by atoms with van der Waals surface area (Å²) in [7, 11) is 1.65. The van der Waals surface area contributed by atoms with Crippen molar-refractivity contribution in [3.63, 3.8) is 0 Å². The Bertz CT molecular complexity index is 337. The van der Waals surface area contributed by atoms with Gasteiger partial charge in [0.1, 0.15) is 5.75 Å². The molecule has 0 spiro atoms. The summed E-state index contributed by atoms with van der Waals surface area (Å²) < 4.78 is 10.6. The first kappa shape index (κ1) is 12.9. The van der Waals surface area contributed by atoms with Crippen LogP contribution < -0.4 is 10.5 Å². The highest BCUT2D eigenvalue weighted by Gasteiger charge is 2.04. The first-order chi connectivity index (χ1) is 7.63. The van der Waals surface area contributed by atoms with Crippen molar-refractivity contribution in [3.8, 4) is 5.75 Å². The summed E-state index contributed by atoms with van der Waals surface area (Å²) in [5, 5.41) is 0. The number of thiocarbonyl (C=S) groups is 1. The van der Waals surface area contributed by atoms with Gasteiger partial charge in [-0.1, -0.05) is 31.3 Å². The van der Waals surface area contributed by atoms with Gasteiger partial charge in [0, 0.05) is 5.92 Å². The lowest BCUT2D eigenvalue weighted by Crippen LogP contribution is -2.22. The molecule has 0 amide bonds. The van der Waals surface area contributed by atoms with E-state index in [4.69, 9.17) is 27.4 Å². The van der Waals surface area contributed by atoms with E-state index in [9.17, 15) is 0 Å². The number of nitrogens with two attached hydrogens (primary N) is 1. The van der Waals surface area contributed by atoms with Crippen LogP contribution in [0, 0.1) is 5.92 Å². The lowest BCUT2D eigenvalue weighted by molar-refractivity contribution is 0.108. The molecule has 0 aromatic heterocycles. The van der Waals surface area contributed by atoms with E-state index in [-0.39, 0.29) is 5.92 Å². The zero-order valence-corrected chi connectivity index (χ0v) is 10.4. The molecule has 0 radical (unpaired) electrons. The lowest BCUT2D eigenvalue weighted by Gasteiger charge is -2.10. The third-order valence-electron chi connectivity index (χ3n) is 2.28. The van der Waals surface area contributed by atoms with Crippen molar-refractivity contribution in [1.82, 2.24) is 0 Å². The van der Waals surface area contributed by atoms with Gasteiger partial charge >= 0.3 is 0 Å². The van der Waals surface area contributed by atoms with Crippen molar-refractivity contribution in [3.05, 3.63) is 29.8 Å². The average molecular weight is 239 g/mol. The highest BCUT2D eigenvalue weighted by atomic mass is 32.1. The Balaban J connectivity index is 2.34. The zero-order valence-electron chi connectivity index (χ0n) is 9.60. The van der Waals surface area contributed by atoms with E-state index in [1.54, 1.807) is 7.11 Å². The maximum atomic E-state index is 5.51. The molecular formula is C12H17NO2S. The van der Waals surface area contributed by atoms with Crippen LogP contribution in [0.25, 0.3) is 0 Å². The molecular weight excluding hydrogens is 222 g/mol. The van der Waals surface area contributed by atoms with E-state index in [0.717, 1.165) is 11.3 Å². The molecule has 1 aromatic carbocycles. The van der Waals surface area contributed by atoms with Crippen molar-refractivity contribution < 1.29 is 9.47 Å². The maximum Gasteiger partial charge on any atom is 0.118 e. The zero-order chi connectivity index (χ0) is 12.0. The molecule has 0 saturated carbocycles. The Labute approximate surface area is 102 Å². The van der Waals surface area contributed by atoms with Crippen molar-refractivity contribution >= 4 is 17.2 Å². The van der Waals surface area contributed by atoms with Crippen molar-refractivity contribution in [2.75, 3.05) is 13.7 Å². The Kier molecular flexibility index (Phi) is 5.22. The van der Waals surface area contributed by atoms with Crippen LogP contribution in [0.2, 0.25) is 0 Å². The number of hydrogen-bond donors (Lipinski definition) is 1. The van der Waals surface area contributed by atoms with Crippen LogP contribution in [-0.2, 0) is 11.3 Å². The molecule has 0 heterocycles. The number of methoxy groups -OCH3 is 1. The molecule has 88 valence electrons. The number of rotatable bonds is 6. The van der Waals surface area contributed by atoms with Gasteiger partial charge < -0.3 is 15.2 Å². The molecule has 0 saturated heterocycles. The van der Waals surface area contributed by atoms with Crippen LogP contribution in [0.15, 0.2) is 24.3 Å². The van der Waals surface area contributed by atoms with Gasteiger partial charge in [0.15, 0.2) is 0 Å². The Hall–Kier alpha value is -1.13. The van der Waals surface area contributed by atoms with Crippen LogP contribution in [-0.4, -0.2) is 18.7 Å². The van der Waals surface area contributed by atoms with E-state index < -0.39 is 0 Å². The summed E-state index contributed by atoms with van der Waals surface area (Å²) in [5.41, 5.74) is 6.60. The molecule has 1 atom stereocenters. The Morgan fingerprint density at radius 3 is 2.50 bits per heavy atom. The van der Waals surface area contributed by atoms with E-state index in [0.29, 0.717) is 18.2 Å². The normalized spacial score (nSPS) is 12.1. The molecule has 0 aliphatic carbocycles. The summed E-state index contributed by atoms with van der Waals surface area (Å²) in [6.07, 6.45) is 0. The first-order valence-electron chi connectivity index (χ1n) is 5.13. The van der Waals surface area contributed by atoms with Crippen molar-refractivity contribution in [1.29, 1.82) is 0 Å². The fourth-order valence-electron chi connectivity index (χ4n) is 1.16. The molecule has 1 rings (SSSR count). The predicted molar refractivity (Wildman–Crippen MR) is 68.6 cm³/mol. The van der Waals surface area contributed by atoms with E-state index >= 15 is 0 Å². The fraction of sp³-hybridized carbons (Fsp3) is 0.417. The molecule has 0 fully saturated rings. The van der Waals surface area contributed by atoms with Gasteiger partial charge in [-0.3, -0.25) is 0 Å². The monoisotopic (exact) mass is 239 g/mol. The number of ether oxygens (including phenoxy) is 2. The van der Waals surface area contributed by atoms with E-state index in [1.165, 1.54) is 0 Å². The van der Waals surface area contributed by atoms with E-state index in [1.807, 2.05) is 31.2 Å². The minimum Gasteiger partial charge on any atom is -0.497 e. The van der Waals surface area contributed by atoms with Crippen LogP contribution in [0.1, 0.15) is 12.5 Å². The molecule has 1 unspecified atom stereocenters. The Morgan fingerprint density at radius 2 is 2.00 bits per heavy atom. The van der Waals surface area contributed by atoms with Gasteiger partial charge in [-0.05, 0) is 17.7 Å². The second-order valence-corrected chi connectivity index (χ2v) is 4.14. The number of hydrogen-bond acceptors (Lipinski definition) is 3. The van der Waals surface area contributed by atoms with Gasteiger partial charge in [-0.25, -0.2) is 0 Å². The molecule has 2 N–H and O–H groups in total. The summed E-state index contributed by atoms with van der Waals surface area (Å²) in [6.45, 7) is 3.08. The number of benzene rings is 1. The molecule has 1 aromatic rings. The van der Waals surface area contributed by atoms with Gasteiger partial charge in [-0.2, -0.15) is 0 Å². The third-order valence-corrected chi connectivity index (χ3v) is 2.68. The van der Waals surface area contributed by atoms with Crippen LogP contribution in [0.5, 0.6) is 5.75 Å². The average Bonchev–Trinajstić information content (AvgIpc) is 2.29. The highest BCUT2D eigenvalue weighted by molar-refractivity contribution is 7.80. The maximum absolute atomic E-state index is 5.51. The van der Waals surface area contributed by atoms with E-state index in [2.05, 4.69) is 0 Å². The van der Waals surface area contributed by atoms with Crippen LogP contribution in [0.4, 0.5) is 0 Å². The molecule has 0 aliphatic heterocycles.